The average molecular weight is 296 g/mol. The van der Waals surface area contributed by atoms with Gasteiger partial charge in [-0.1, -0.05) is 45.4 Å². The predicted molar refractivity (Wildman–Crippen MR) is 78.0 cm³/mol. The van der Waals surface area contributed by atoms with Gasteiger partial charge in [0.2, 0.25) is 0 Å². The number of Topliss-reactive ketones (excluding diaryl/α,β-unsaturated/α-hetero) is 1. The number of benzene rings is 1. The highest BCUT2D eigenvalue weighted by atomic mass is 35.5. The minimum Gasteiger partial charge on any atom is -0.298 e. The molecule has 0 aromatic heterocycles. The highest BCUT2D eigenvalue weighted by molar-refractivity contribution is 6.31. The van der Waals surface area contributed by atoms with Gasteiger partial charge < -0.3 is 0 Å². The first kappa shape index (κ1) is 16.7. The maximum Gasteiger partial charge on any atom is 0.154 e. The molecular weight excluding hydrogens is 277 g/mol. The summed E-state index contributed by atoms with van der Waals surface area (Å²) in [5, 5.41) is 9.35. The van der Waals surface area contributed by atoms with Gasteiger partial charge >= 0.3 is 0 Å². The summed E-state index contributed by atoms with van der Waals surface area (Å²) in [6.45, 7) is 8.14. The number of nitrogens with zero attached hydrogens (tertiary/aromatic N) is 1. The lowest BCUT2D eigenvalue weighted by Crippen LogP contribution is -2.23. The van der Waals surface area contributed by atoms with Crippen LogP contribution in [-0.4, -0.2) is 5.78 Å². The molecular formula is C16H19ClFNO. The maximum atomic E-state index is 13.0. The number of halogens is 2. The van der Waals surface area contributed by atoms with E-state index in [2.05, 4.69) is 20.8 Å². The van der Waals surface area contributed by atoms with Crippen LogP contribution in [0.25, 0.3) is 0 Å². The van der Waals surface area contributed by atoms with Gasteiger partial charge in [0.15, 0.2) is 5.78 Å². The predicted octanol–water partition coefficient (Wildman–Crippen LogP) is 4.73. The maximum absolute atomic E-state index is 13.0. The van der Waals surface area contributed by atoms with Crippen LogP contribution < -0.4 is 0 Å². The lowest BCUT2D eigenvalue weighted by molar-refractivity contribution is -0.120. The molecule has 0 amide bonds. The summed E-state index contributed by atoms with van der Waals surface area (Å²) in [7, 11) is 0. The van der Waals surface area contributed by atoms with E-state index in [1.54, 1.807) is 0 Å². The molecule has 20 heavy (non-hydrogen) atoms. The molecule has 4 heteroatoms. The Morgan fingerprint density at radius 2 is 2.05 bits per heavy atom. The molecule has 1 aromatic rings. The van der Waals surface area contributed by atoms with Crippen LogP contribution in [-0.2, 0) is 4.79 Å². The molecule has 0 radical (unpaired) electrons. The van der Waals surface area contributed by atoms with Crippen molar-refractivity contribution in [3.05, 3.63) is 34.6 Å². The van der Waals surface area contributed by atoms with E-state index >= 15 is 0 Å². The molecule has 0 heterocycles. The Labute approximate surface area is 124 Å². The SMILES string of the molecule is CC(CC(=O)C(C#N)c1ccc(F)cc1Cl)C(C)(C)C. The van der Waals surface area contributed by atoms with Crippen molar-refractivity contribution in [3.8, 4) is 6.07 Å². The first-order chi connectivity index (χ1) is 9.16. The van der Waals surface area contributed by atoms with Crippen LogP contribution in [0.5, 0.6) is 0 Å². The Balaban J connectivity index is 2.97. The largest absolute Gasteiger partial charge is 0.298 e. The number of rotatable bonds is 4. The van der Waals surface area contributed by atoms with Crippen molar-refractivity contribution in [1.29, 1.82) is 5.26 Å². The van der Waals surface area contributed by atoms with Gasteiger partial charge in [-0.15, -0.1) is 0 Å². The number of ketones is 1. The molecule has 0 aliphatic rings. The fourth-order valence-electron chi connectivity index (χ4n) is 1.78. The molecule has 0 N–H and O–H groups in total. The number of hydrogen-bond acceptors (Lipinski definition) is 2. The second-order valence-corrected chi connectivity index (χ2v) is 6.57. The van der Waals surface area contributed by atoms with E-state index in [1.165, 1.54) is 12.1 Å². The van der Waals surface area contributed by atoms with Crippen LogP contribution in [0.15, 0.2) is 18.2 Å². The number of hydrogen-bond donors (Lipinski definition) is 0. The Bertz CT molecular complexity index is 542. The average Bonchev–Trinajstić information content (AvgIpc) is 2.31. The van der Waals surface area contributed by atoms with E-state index in [1.807, 2.05) is 13.0 Å². The fourth-order valence-corrected chi connectivity index (χ4v) is 2.05. The van der Waals surface area contributed by atoms with E-state index in [9.17, 15) is 14.4 Å². The second-order valence-electron chi connectivity index (χ2n) is 6.17. The molecule has 0 aliphatic heterocycles. The van der Waals surface area contributed by atoms with Crippen molar-refractivity contribution in [3.63, 3.8) is 0 Å². The van der Waals surface area contributed by atoms with Crippen molar-refractivity contribution >= 4 is 17.4 Å². The quantitative estimate of drug-likeness (QED) is 0.806. The fraction of sp³-hybridized carbons (Fsp3) is 0.500. The van der Waals surface area contributed by atoms with Crippen LogP contribution in [0.4, 0.5) is 4.39 Å². The second kappa shape index (κ2) is 6.37. The molecule has 0 saturated heterocycles. The van der Waals surface area contributed by atoms with Crippen LogP contribution >= 0.6 is 11.6 Å². The number of nitriles is 1. The summed E-state index contributed by atoms with van der Waals surface area (Å²) >= 11 is 5.93. The van der Waals surface area contributed by atoms with E-state index in [0.29, 0.717) is 12.0 Å². The van der Waals surface area contributed by atoms with E-state index in [0.717, 1.165) is 6.07 Å². The molecule has 2 nitrogen and oxygen atoms in total. The molecule has 2 unspecified atom stereocenters. The summed E-state index contributed by atoms with van der Waals surface area (Å²) in [6, 6.07) is 5.73. The summed E-state index contributed by atoms with van der Waals surface area (Å²) < 4.78 is 13.0. The van der Waals surface area contributed by atoms with Gasteiger partial charge in [0.1, 0.15) is 11.7 Å². The van der Waals surface area contributed by atoms with E-state index in [-0.39, 0.29) is 22.1 Å². The minimum atomic E-state index is -0.937. The summed E-state index contributed by atoms with van der Waals surface area (Å²) in [4.78, 5) is 12.3. The molecule has 0 aliphatic carbocycles. The van der Waals surface area contributed by atoms with Gasteiger partial charge in [-0.25, -0.2) is 4.39 Å². The smallest absolute Gasteiger partial charge is 0.154 e. The van der Waals surface area contributed by atoms with Gasteiger partial charge in [0, 0.05) is 11.4 Å². The van der Waals surface area contributed by atoms with Gasteiger partial charge in [0.05, 0.1) is 6.07 Å². The Morgan fingerprint density at radius 3 is 2.50 bits per heavy atom. The van der Waals surface area contributed by atoms with Gasteiger partial charge in [-0.2, -0.15) is 5.26 Å². The van der Waals surface area contributed by atoms with E-state index < -0.39 is 11.7 Å². The molecule has 0 fully saturated rings. The Hall–Kier alpha value is -1.40. The Kier molecular flexibility index (Phi) is 5.30. The van der Waals surface area contributed by atoms with Gasteiger partial charge in [-0.3, -0.25) is 4.79 Å². The summed E-state index contributed by atoms with van der Waals surface area (Å²) in [5.74, 6) is -1.45. The van der Waals surface area contributed by atoms with Gasteiger partial charge in [-0.05, 0) is 29.0 Å². The monoisotopic (exact) mass is 295 g/mol. The molecule has 108 valence electrons. The van der Waals surface area contributed by atoms with E-state index in [4.69, 9.17) is 11.6 Å². The minimum absolute atomic E-state index is 0.0117. The molecule has 0 spiro atoms. The first-order valence-electron chi connectivity index (χ1n) is 6.54. The third-order valence-corrected chi connectivity index (χ3v) is 4.04. The molecule has 0 saturated carbocycles. The van der Waals surface area contributed by atoms with Crippen molar-refractivity contribution in [2.24, 2.45) is 11.3 Å². The van der Waals surface area contributed by atoms with Gasteiger partial charge in [0.25, 0.3) is 0 Å². The third kappa shape index (κ3) is 4.05. The molecule has 1 aromatic carbocycles. The number of carbonyl (C=O) groups excluding carboxylic acids is 1. The highest BCUT2D eigenvalue weighted by Gasteiger charge is 2.28. The lowest BCUT2D eigenvalue weighted by Gasteiger charge is -2.27. The van der Waals surface area contributed by atoms with Crippen molar-refractivity contribution in [2.75, 3.05) is 0 Å². The van der Waals surface area contributed by atoms with Crippen molar-refractivity contribution in [1.82, 2.24) is 0 Å². The van der Waals surface area contributed by atoms with Crippen molar-refractivity contribution in [2.45, 2.75) is 40.0 Å². The third-order valence-electron chi connectivity index (χ3n) is 3.71. The van der Waals surface area contributed by atoms with Crippen molar-refractivity contribution < 1.29 is 9.18 Å². The normalized spacial score (nSPS) is 14.4. The molecule has 2 atom stereocenters. The summed E-state index contributed by atoms with van der Waals surface area (Å²) in [6.07, 6.45) is 0.301. The summed E-state index contributed by atoms with van der Waals surface area (Å²) in [5.41, 5.74) is 0.365. The zero-order valence-electron chi connectivity index (χ0n) is 12.2. The zero-order chi connectivity index (χ0) is 15.5. The topological polar surface area (TPSA) is 40.9 Å². The zero-order valence-corrected chi connectivity index (χ0v) is 13.0. The highest BCUT2D eigenvalue weighted by Crippen LogP contribution is 2.32. The standard InChI is InChI=1S/C16H19ClFNO/c1-10(16(2,3)4)7-15(20)13(9-19)12-6-5-11(18)8-14(12)17/h5-6,8,10,13H,7H2,1-4H3. The van der Waals surface area contributed by atoms with Crippen LogP contribution in [0.3, 0.4) is 0 Å². The first-order valence-corrected chi connectivity index (χ1v) is 6.92. The number of carbonyl (C=O) groups is 1. The van der Waals surface area contributed by atoms with Crippen LogP contribution in [0.2, 0.25) is 5.02 Å². The molecule has 1 rings (SSSR count). The van der Waals surface area contributed by atoms with Crippen LogP contribution in [0.1, 0.15) is 45.6 Å². The lowest BCUT2D eigenvalue weighted by atomic mass is 9.77. The Morgan fingerprint density at radius 1 is 1.45 bits per heavy atom. The molecule has 0 bridgehead atoms. The van der Waals surface area contributed by atoms with Crippen LogP contribution in [0, 0.1) is 28.5 Å².